The number of thiazole rings is 1. The molecule has 2 N–H and O–H groups in total. The number of para-hydroxylation sites is 1. The molecule has 2 saturated heterocycles. The van der Waals surface area contributed by atoms with E-state index in [4.69, 9.17) is 18.8 Å². The van der Waals surface area contributed by atoms with Crippen molar-refractivity contribution in [3.05, 3.63) is 59.4 Å². The van der Waals surface area contributed by atoms with Crippen LogP contribution in [-0.2, 0) is 21.5 Å². The van der Waals surface area contributed by atoms with Gasteiger partial charge in [0.2, 0.25) is 0 Å². The van der Waals surface area contributed by atoms with E-state index in [1.165, 1.54) is 29.5 Å². The van der Waals surface area contributed by atoms with E-state index in [2.05, 4.69) is 27.0 Å². The Morgan fingerprint density at radius 2 is 1.96 bits per heavy atom. The summed E-state index contributed by atoms with van der Waals surface area (Å²) in [5, 5.41) is 7.55. The van der Waals surface area contributed by atoms with Crippen LogP contribution in [0.2, 0.25) is 0 Å². The van der Waals surface area contributed by atoms with Gasteiger partial charge < -0.3 is 24.2 Å². The van der Waals surface area contributed by atoms with E-state index in [0.29, 0.717) is 28.5 Å². The number of nitrogens with zero attached hydrogens (tertiary/aromatic N) is 3. The van der Waals surface area contributed by atoms with E-state index in [0.717, 1.165) is 47.5 Å². The smallest absolute Gasteiger partial charge is 0.405 e. The molecule has 2 aromatic heterocycles. The van der Waals surface area contributed by atoms with Gasteiger partial charge in [0.1, 0.15) is 17.2 Å². The summed E-state index contributed by atoms with van der Waals surface area (Å²) in [5.41, 5.74) is 2.26. The van der Waals surface area contributed by atoms with Crippen molar-refractivity contribution >= 4 is 42.7 Å². The summed E-state index contributed by atoms with van der Waals surface area (Å²) in [6.07, 6.45) is -0.669. The standard InChI is InChI=1S/C32H33F3N4O7S2/c1-17-12-20-14-21(44-16-23-28(38-46-29(23)18-6-7-18)22-4-2-3-5-26(22)45-32(33,34)35)15-25(17)39(20)31-37-24-9-8-19(13-27(24)47-31)30(40)36-10-11-48(41,42)43/h2-5,8-9,13,17-18,20-21,25H,6-7,10-12,14-16H2,1H3,(H,36,40)(H,41,42,43)/t17-,20?,21?,25?/m1/s1. The zero-order chi connectivity index (χ0) is 33.8. The monoisotopic (exact) mass is 706 g/mol. The summed E-state index contributed by atoms with van der Waals surface area (Å²) < 4.78 is 87.7. The van der Waals surface area contributed by atoms with Crippen molar-refractivity contribution in [1.29, 1.82) is 0 Å². The van der Waals surface area contributed by atoms with Crippen LogP contribution in [0.3, 0.4) is 0 Å². The lowest BCUT2D eigenvalue weighted by atomic mass is 9.97. The van der Waals surface area contributed by atoms with Gasteiger partial charge in [-0.1, -0.05) is 35.5 Å². The molecule has 7 rings (SSSR count). The summed E-state index contributed by atoms with van der Waals surface area (Å²) in [5.74, 6) is -0.164. The second-order valence-corrected chi connectivity index (χ2v) is 15.2. The first kappa shape index (κ1) is 32.8. The van der Waals surface area contributed by atoms with Gasteiger partial charge in [-0.2, -0.15) is 8.42 Å². The molecule has 16 heteroatoms. The van der Waals surface area contributed by atoms with E-state index in [1.54, 1.807) is 24.3 Å². The first-order valence-electron chi connectivity index (χ1n) is 15.7. The molecule has 3 aliphatic rings. The number of nitrogens with one attached hydrogen (secondary N) is 1. The van der Waals surface area contributed by atoms with Crippen molar-refractivity contribution in [2.45, 2.75) is 76.1 Å². The molecular weight excluding hydrogens is 674 g/mol. The highest BCUT2D eigenvalue weighted by molar-refractivity contribution is 7.85. The average Bonchev–Trinajstić information content (AvgIpc) is 3.57. The highest BCUT2D eigenvalue weighted by Crippen LogP contribution is 2.48. The molecule has 2 bridgehead atoms. The number of hydrogen-bond donors (Lipinski definition) is 2. The Kier molecular flexibility index (Phi) is 8.62. The molecule has 2 aromatic carbocycles. The number of anilines is 1. The highest BCUT2D eigenvalue weighted by atomic mass is 32.2. The number of alkyl halides is 3. The minimum absolute atomic E-state index is 0.0925. The van der Waals surface area contributed by atoms with E-state index in [9.17, 15) is 26.4 Å². The molecule has 1 saturated carbocycles. The molecule has 4 heterocycles. The number of aromatic nitrogens is 2. The van der Waals surface area contributed by atoms with Crippen molar-refractivity contribution in [2.24, 2.45) is 5.92 Å². The van der Waals surface area contributed by atoms with Gasteiger partial charge in [0.05, 0.1) is 28.7 Å². The number of amides is 1. The molecule has 1 aliphatic carbocycles. The number of rotatable bonds is 11. The second-order valence-electron chi connectivity index (χ2n) is 12.7. The van der Waals surface area contributed by atoms with Crippen LogP contribution < -0.4 is 15.0 Å². The van der Waals surface area contributed by atoms with Crippen LogP contribution in [-0.4, -0.2) is 65.9 Å². The topological polar surface area (TPSA) is 144 Å². The number of piperidine rings is 1. The fourth-order valence-corrected chi connectivity index (χ4v) is 8.37. The van der Waals surface area contributed by atoms with Crippen LogP contribution in [0.15, 0.2) is 47.0 Å². The molecule has 11 nitrogen and oxygen atoms in total. The van der Waals surface area contributed by atoms with Gasteiger partial charge in [-0.3, -0.25) is 9.35 Å². The van der Waals surface area contributed by atoms with Crippen molar-refractivity contribution in [1.82, 2.24) is 15.5 Å². The second kappa shape index (κ2) is 12.6. The van der Waals surface area contributed by atoms with Crippen molar-refractivity contribution in [3.63, 3.8) is 0 Å². The van der Waals surface area contributed by atoms with Gasteiger partial charge in [-0.15, -0.1) is 13.2 Å². The first-order valence-corrected chi connectivity index (χ1v) is 18.1. The predicted octanol–water partition coefficient (Wildman–Crippen LogP) is 6.31. The minimum Gasteiger partial charge on any atom is -0.405 e. The van der Waals surface area contributed by atoms with Crippen molar-refractivity contribution < 1.29 is 44.9 Å². The number of halogens is 3. The van der Waals surface area contributed by atoms with Gasteiger partial charge >= 0.3 is 6.36 Å². The zero-order valence-corrected chi connectivity index (χ0v) is 27.4. The third-order valence-electron chi connectivity index (χ3n) is 9.19. The summed E-state index contributed by atoms with van der Waals surface area (Å²) in [6, 6.07) is 11.4. The molecule has 4 aromatic rings. The van der Waals surface area contributed by atoms with Crippen LogP contribution in [0.4, 0.5) is 18.3 Å². The Bertz CT molecular complexity index is 1940. The third-order valence-corrected chi connectivity index (χ3v) is 10.9. The van der Waals surface area contributed by atoms with Crippen LogP contribution >= 0.6 is 11.3 Å². The van der Waals surface area contributed by atoms with Gasteiger partial charge in [0.15, 0.2) is 5.13 Å². The zero-order valence-electron chi connectivity index (χ0n) is 25.8. The van der Waals surface area contributed by atoms with Crippen LogP contribution in [0.1, 0.15) is 66.6 Å². The maximum absolute atomic E-state index is 13.2. The molecular formula is C32H33F3N4O7S2. The molecule has 3 unspecified atom stereocenters. The van der Waals surface area contributed by atoms with Gasteiger partial charge in [0, 0.05) is 41.2 Å². The molecule has 0 radical (unpaired) electrons. The maximum atomic E-state index is 13.2. The van der Waals surface area contributed by atoms with Gasteiger partial charge in [-0.25, -0.2) is 4.98 Å². The van der Waals surface area contributed by atoms with E-state index >= 15 is 0 Å². The van der Waals surface area contributed by atoms with Crippen molar-refractivity contribution in [2.75, 3.05) is 17.2 Å². The van der Waals surface area contributed by atoms with Gasteiger partial charge in [0.25, 0.3) is 16.0 Å². The van der Waals surface area contributed by atoms with Gasteiger partial charge in [-0.05, 0) is 68.4 Å². The Morgan fingerprint density at radius 1 is 1.17 bits per heavy atom. The minimum atomic E-state index is -4.85. The largest absolute Gasteiger partial charge is 0.573 e. The lowest BCUT2D eigenvalue weighted by Crippen LogP contribution is -2.46. The number of hydrogen-bond acceptors (Lipinski definition) is 10. The number of ether oxygens (including phenoxy) is 2. The Balaban J connectivity index is 1.06. The summed E-state index contributed by atoms with van der Waals surface area (Å²) in [4.78, 5) is 19.8. The maximum Gasteiger partial charge on any atom is 0.573 e. The fourth-order valence-electron chi connectivity index (χ4n) is 6.88. The Hall–Kier alpha value is -3.73. The number of carbonyl (C=O) groups is 1. The molecule has 2 aliphatic heterocycles. The SMILES string of the molecule is C[C@@H]1CC2CC(OCc3c(-c4ccccc4OC(F)(F)F)noc3C3CC3)CC1N2c1nc2ccc(C(=O)NCCS(=O)(=O)O)cc2s1. The fraction of sp³-hybridized carbons (Fsp3) is 0.469. The van der Waals surface area contributed by atoms with Crippen LogP contribution in [0.5, 0.6) is 5.75 Å². The third kappa shape index (κ3) is 7.02. The van der Waals surface area contributed by atoms with Crippen LogP contribution in [0, 0.1) is 5.92 Å². The summed E-state index contributed by atoms with van der Waals surface area (Å²) in [7, 11) is -4.18. The van der Waals surface area contributed by atoms with Crippen LogP contribution in [0.25, 0.3) is 21.5 Å². The lowest BCUT2D eigenvalue weighted by Gasteiger charge is -2.39. The van der Waals surface area contributed by atoms with E-state index < -0.39 is 28.1 Å². The molecule has 4 atom stereocenters. The normalized spacial score (nSPS) is 22.7. The molecule has 256 valence electrons. The molecule has 48 heavy (non-hydrogen) atoms. The molecule has 1 amide bonds. The average molecular weight is 707 g/mol. The summed E-state index contributed by atoms with van der Waals surface area (Å²) in [6.45, 7) is 2.16. The number of carbonyl (C=O) groups excluding carboxylic acids is 1. The van der Waals surface area contributed by atoms with E-state index in [-0.39, 0.29) is 48.6 Å². The first-order chi connectivity index (χ1) is 22.8. The Morgan fingerprint density at radius 3 is 2.69 bits per heavy atom. The van der Waals surface area contributed by atoms with E-state index in [1.807, 2.05) is 0 Å². The Labute approximate surface area is 278 Å². The van der Waals surface area contributed by atoms with Crippen molar-refractivity contribution in [3.8, 4) is 17.0 Å². The highest BCUT2D eigenvalue weighted by Gasteiger charge is 2.47. The lowest BCUT2D eigenvalue weighted by molar-refractivity contribution is -0.274. The molecule has 3 fully saturated rings. The quantitative estimate of drug-likeness (QED) is 0.170. The summed E-state index contributed by atoms with van der Waals surface area (Å²) >= 11 is 1.49. The number of fused-ring (bicyclic) bond motifs is 3. The predicted molar refractivity (Wildman–Crippen MR) is 171 cm³/mol. The molecule has 0 spiro atoms. The number of benzene rings is 2.